The van der Waals surface area contributed by atoms with Gasteiger partial charge in [0.05, 0.1) is 0 Å². The molecule has 1 nitrogen and oxygen atoms in total. The van der Waals surface area contributed by atoms with Crippen LogP contribution in [0.25, 0.3) is 66.1 Å². The lowest BCUT2D eigenvalue weighted by molar-refractivity contribution is 0.660. The average Bonchev–Trinajstić information content (AvgIpc) is 3.61. The number of nitrogens with zero attached hydrogens (tertiary/aromatic N) is 1. The highest BCUT2D eigenvalue weighted by Crippen LogP contribution is 2.54. The zero-order valence-electron chi connectivity index (χ0n) is 34.7. The molecular weight excluding hydrogens is 711 g/mol. The largest absolute Gasteiger partial charge is 0.310 e. The van der Waals surface area contributed by atoms with Crippen LogP contribution in [0.3, 0.4) is 0 Å². The van der Waals surface area contributed by atoms with Gasteiger partial charge in [-0.15, -0.1) is 0 Å². The van der Waals surface area contributed by atoms with Crippen molar-refractivity contribution in [2.24, 2.45) is 0 Å². The molecule has 0 heterocycles. The predicted molar refractivity (Wildman–Crippen MR) is 252 cm³/mol. The monoisotopic (exact) mass is 757 g/mol. The van der Waals surface area contributed by atoms with Crippen molar-refractivity contribution in [3.05, 3.63) is 209 Å². The summed E-state index contributed by atoms with van der Waals surface area (Å²) in [5.41, 5.74) is 21.8. The van der Waals surface area contributed by atoms with Gasteiger partial charge in [-0.1, -0.05) is 155 Å². The summed E-state index contributed by atoms with van der Waals surface area (Å²) in [6, 6.07) is 66.3. The Morgan fingerprint density at radius 2 is 0.712 bits per heavy atom. The van der Waals surface area contributed by atoms with E-state index >= 15 is 0 Å². The van der Waals surface area contributed by atoms with Gasteiger partial charge in [-0.25, -0.2) is 0 Å². The van der Waals surface area contributed by atoms with Crippen molar-refractivity contribution >= 4 is 38.6 Å². The molecule has 0 saturated heterocycles. The highest BCUT2D eigenvalue weighted by molar-refractivity contribution is 6.21. The third-order valence-electron chi connectivity index (χ3n) is 13.5. The number of hydrogen-bond acceptors (Lipinski definition) is 1. The first-order valence-electron chi connectivity index (χ1n) is 21.0. The maximum absolute atomic E-state index is 2.50. The van der Waals surface area contributed by atoms with Crippen molar-refractivity contribution in [1.29, 1.82) is 0 Å². The standard InChI is InChI=1S/C58H47N/c1-36-15-13-17-40(31-36)59(41-18-14-16-37(2)32-41)42-27-30-46-45-29-26-39(34-53(45)58(5,6)54(46)35-42)56-49-22-9-7-20-47(49)55(48-21-8-10-23-50(48)56)38-25-28-44-43-19-11-12-24-51(43)57(3,4)52(44)33-38/h7-35H,1-6H3. The molecule has 2 aliphatic rings. The molecule has 0 radical (unpaired) electrons. The van der Waals surface area contributed by atoms with Crippen molar-refractivity contribution < 1.29 is 0 Å². The molecule has 0 bridgehead atoms. The number of fused-ring (bicyclic) bond motifs is 8. The predicted octanol–water partition coefficient (Wildman–Crippen LogP) is 16.0. The second-order valence-electron chi connectivity index (χ2n) is 17.9. The highest BCUT2D eigenvalue weighted by atomic mass is 15.1. The van der Waals surface area contributed by atoms with Crippen LogP contribution in [-0.4, -0.2) is 0 Å². The van der Waals surface area contributed by atoms with Crippen LogP contribution in [0.4, 0.5) is 17.1 Å². The van der Waals surface area contributed by atoms with Crippen LogP contribution in [0.5, 0.6) is 0 Å². The maximum Gasteiger partial charge on any atom is 0.0465 e. The van der Waals surface area contributed by atoms with E-state index in [9.17, 15) is 0 Å². The lowest BCUT2D eigenvalue weighted by Gasteiger charge is -2.28. The molecule has 11 rings (SSSR count). The van der Waals surface area contributed by atoms with Gasteiger partial charge in [-0.2, -0.15) is 0 Å². The Balaban J connectivity index is 1.06. The average molecular weight is 758 g/mol. The van der Waals surface area contributed by atoms with E-state index in [1.807, 2.05) is 0 Å². The summed E-state index contributed by atoms with van der Waals surface area (Å²) in [6.45, 7) is 13.9. The van der Waals surface area contributed by atoms with E-state index in [1.54, 1.807) is 0 Å². The van der Waals surface area contributed by atoms with Gasteiger partial charge < -0.3 is 4.90 Å². The minimum Gasteiger partial charge on any atom is -0.310 e. The van der Waals surface area contributed by atoms with E-state index in [0.29, 0.717) is 0 Å². The van der Waals surface area contributed by atoms with Crippen LogP contribution in [0, 0.1) is 13.8 Å². The Bertz CT molecular complexity index is 3090. The summed E-state index contributed by atoms with van der Waals surface area (Å²) in [6.07, 6.45) is 0. The van der Waals surface area contributed by atoms with Crippen LogP contribution < -0.4 is 4.90 Å². The summed E-state index contributed by atoms with van der Waals surface area (Å²) in [5, 5.41) is 5.14. The number of rotatable bonds is 5. The minimum absolute atomic E-state index is 0.0670. The Morgan fingerprint density at radius 3 is 1.20 bits per heavy atom. The van der Waals surface area contributed by atoms with Gasteiger partial charge in [0.25, 0.3) is 0 Å². The summed E-state index contributed by atoms with van der Waals surface area (Å²) < 4.78 is 0. The first-order valence-corrected chi connectivity index (χ1v) is 21.0. The highest BCUT2D eigenvalue weighted by Gasteiger charge is 2.38. The molecule has 0 N–H and O–H groups in total. The van der Waals surface area contributed by atoms with Gasteiger partial charge in [-0.3, -0.25) is 0 Å². The van der Waals surface area contributed by atoms with E-state index in [-0.39, 0.29) is 10.8 Å². The van der Waals surface area contributed by atoms with Gasteiger partial charge in [0.1, 0.15) is 0 Å². The fourth-order valence-electron chi connectivity index (χ4n) is 10.6. The third-order valence-corrected chi connectivity index (χ3v) is 13.5. The second kappa shape index (κ2) is 12.9. The normalized spacial score (nSPS) is 14.2. The SMILES string of the molecule is Cc1cccc(N(c2cccc(C)c2)c2ccc3c(c2)C(C)(C)c2cc(-c4c5ccccc5c(-c5ccc6c(c5)C(C)(C)c5ccccc5-6)c5ccccc45)ccc2-3)c1. The molecule has 0 atom stereocenters. The van der Waals surface area contributed by atoms with Gasteiger partial charge in [0.15, 0.2) is 0 Å². The van der Waals surface area contributed by atoms with Crippen LogP contribution in [0.1, 0.15) is 61.1 Å². The molecular formula is C58H47N. The third kappa shape index (κ3) is 5.31. The Kier molecular flexibility index (Phi) is 7.75. The number of benzene rings is 9. The van der Waals surface area contributed by atoms with Crippen molar-refractivity contribution in [2.45, 2.75) is 52.4 Å². The topological polar surface area (TPSA) is 3.24 Å². The smallest absolute Gasteiger partial charge is 0.0465 e. The Labute approximate surface area is 348 Å². The molecule has 0 aromatic heterocycles. The molecule has 0 amide bonds. The summed E-state index contributed by atoms with van der Waals surface area (Å²) in [7, 11) is 0. The van der Waals surface area contributed by atoms with E-state index < -0.39 is 0 Å². The van der Waals surface area contributed by atoms with E-state index in [1.165, 1.54) is 116 Å². The molecule has 0 unspecified atom stereocenters. The fraction of sp³-hybridized carbons (Fsp3) is 0.138. The van der Waals surface area contributed by atoms with Gasteiger partial charge in [0.2, 0.25) is 0 Å². The Morgan fingerprint density at radius 1 is 0.322 bits per heavy atom. The van der Waals surface area contributed by atoms with Crippen LogP contribution >= 0.6 is 0 Å². The molecule has 0 spiro atoms. The maximum atomic E-state index is 2.50. The molecule has 59 heavy (non-hydrogen) atoms. The Hall–Kier alpha value is -6.70. The fourth-order valence-corrected chi connectivity index (χ4v) is 10.6. The van der Waals surface area contributed by atoms with Gasteiger partial charge >= 0.3 is 0 Å². The van der Waals surface area contributed by atoms with Crippen molar-refractivity contribution in [2.75, 3.05) is 4.90 Å². The molecule has 0 fully saturated rings. The molecule has 1 heteroatoms. The molecule has 284 valence electrons. The summed E-state index contributed by atoms with van der Waals surface area (Å²) in [5.74, 6) is 0. The molecule has 9 aromatic rings. The lowest BCUT2D eigenvalue weighted by Crippen LogP contribution is -2.16. The molecule has 0 saturated carbocycles. The number of hydrogen-bond donors (Lipinski definition) is 0. The lowest BCUT2D eigenvalue weighted by atomic mass is 9.79. The number of aryl methyl sites for hydroxylation is 2. The zero-order chi connectivity index (χ0) is 40.2. The first-order chi connectivity index (χ1) is 28.6. The molecule has 9 aromatic carbocycles. The molecule has 2 aliphatic carbocycles. The second-order valence-corrected chi connectivity index (χ2v) is 17.9. The quantitative estimate of drug-likeness (QED) is 0.158. The summed E-state index contributed by atoms with van der Waals surface area (Å²) >= 11 is 0. The summed E-state index contributed by atoms with van der Waals surface area (Å²) in [4.78, 5) is 2.41. The van der Waals surface area contributed by atoms with Crippen molar-refractivity contribution in [3.8, 4) is 44.5 Å². The molecule has 0 aliphatic heterocycles. The first kappa shape index (κ1) is 35.5. The van der Waals surface area contributed by atoms with Crippen LogP contribution in [0.2, 0.25) is 0 Å². The number of anilines is 3. The van der Waals surface area contributed by atoms with E-state index in [2.05, 4.69) is 222 Å². The van der Waals surface area contributed by atoms with Gasteiger partial charge in [-0.05, 0) is 162 Å². The van der Waals surface area contributed by atoms with Crippen molar-refractivity contribution in [1.82, 2.24) is 0 Å². The van der Waals surface area contributed by atoms with E-state index in [0.717, 1.165) is 0 Å². The van der Waals surface area contributed by atoms with Crippen molar-refractivity contribution in [3.63, 3.8) is 0 Å². The van der Waals surface area contributed by atoms with Crippen LogP contribution in [0.15, 0.2) is 176 Å². The van der Waals surface area contributed by atoms with Gasteiger partial charge in [0, 0.05) is 27.9 Å². The minimum atomic E-state index is -0.206. The zero-order valence-corrected chi connectivity index (χ0v) is 34.7. The van der Waals surface area contributed by atoms with E-state index in [4.69, 9.17) is 0 Å². The van der Waals surface area contributed by atoms with Crippen LogP contribution in [-0.2, 0) is 10.8 Å².